The molecular weight excluding hydrogens is 242 g/mol. The Bertz CT molecular complexity index is 414. The second-order valence-corrected chi connectivity index (χ2v) is 6.37. The first-order chi connectivity index (χ1) is 8.70. The standard InChI is InChI=1S/C16H22ClN/c1-3-14-15(11-4-6-12(17)7-5-11)10-13-8-9-16(14)18(13)2/h4-7,13-16H,3,8-10H2,1-2H3/t13-,14-,15+,16+/m0/s1. The third kappa shape index (κ3) is 1.98. The molecule has 2 bridgehead atoms. The van der Waals surface area contributed by atoms with Gasteiger partial charge in [-0.05, 0) is 55.8 Å². The smallest absolute Gasteiger partial charge is 0.0406 e. The maximum absolute atomic E-state index is 6.01. The molecule has 2 heterocycles. The zero-order chi connectivity index (χ0) is 12.7. The van der Waals surface area contributed by atoms with Crippen LogP contribution in [-0.4, -0.2) is 24.0 Å². The molecule has 0 spiro atoms. The van der Waals surface area contributed by atoms with Gasteiger partial charge in [0.1, 0.15) is 0 Å². The Morgan fingerprint density at radius 3 is 2.61 bits per heavy atom. The Hall–Kier alpha value is -0.530. The molecule has 2 aliphatic heterocycles. The third-order valence-electron chi connectivity index (χ3n) is 5.20. The van der Waals surface area contributed by atoms with Crippen molar-refractivity contribution in [3.05, 3.63) is 34.9 Å². The maximum Gasteiger partial charge on any atom is 0.0406 e. The SMILES string of the molecule is CC[C@H]1[C@@H](c2ccc(Cl)cc2)C[C@@H]2CC[C@H]1N2C. The van der Waals surface area contributed by atoms with Crippen molar-refractivity contribution in [3.63, 3.8) is 0 Å². The molecule has 2 fully saturated rings. The summed E-state index contributed by atoms with van der Waals surface area (Å²) in [7, 11) is 2.32. The number of piperidine rings is 1. The van der Waals surface area contributed by atoms with Gasteiger partial charge in [0.05, 0.1) is 0 Å². The van der Waals surface area contributed by atoms with Crippen LogP contribution >= 0.6 is 11.6 Å². The van der Waals surface area contributed by atoms with Gasteiger partial charge in [-0.25, -0.2) is 0 Å². The van der Waals surface area contributed by atoms with Gasteiger partial charge in [0.15, 0.2) is 0 Å². The van der Waals surface area contributed by atoms with E-state index >= 15 is 0 Å². The maximum atomic E-state index is 6.01. The van der Waals surface area contributed by atoms with E-state index in [1.807, 2.05) is 12.1 Å². The van der Waals surface area contributed by atoms with Crippen molar-refractivity contribution in [2.75, 3.05) is 7.05 Å². The highest BCUT2D eigenvalue weighted by molar-refractivity contribution is 6.30. The summed E-state index contributed by atoms with van der Waals surface area (Å²) in [6.45, 7) is 2.35. The molecule has 2 saturated heterocycles. The van der Waals surface area contributed by atoms with Crippen LogP contribution in [0.2, 0.25) is 5.02 Å². The first-order valence-corrected chi connectivity index (χ1v) is 7.56. The Labute approximate surface area is 115 Å². The van der Waals surface area contributed by atoms with Crippen molar-refractivity contribution in [2.45, 2.75) is 50.6 Å². The average molecular weight is 264 g/mol. The lowest BCUT2D eigenvalue weighted by molar-refractivity contribution is 0.0974. The lowest BCUT2D eigenvalue weighted by Gasteiger charge is -2.43. The van der Waals surface area contributed by atoms with Crippen LogP contribution < -0.4 is 0 Å². The fraction of sp³-hybridized carbons (Fsp3) is 0.625. The zero-order valence-corrected chi connectivity index (χ0v) is 12.0. The number of hydrogen-bond acceptors (Lipinski definition) is 1. The molecule has 1 aromatic rings. The van der Waals surface area contributed by atoms with E-state index < -0.39 is 0 Å². The molecule has 1 aromatic carbocycles. The quantitative estimate of drug-likeness (QED) is 0.768. The predicted molar refractivity (Wildman–Crippen MR) is 77.2 cm³/mol. The van der Waals surface area contributed by atoms with Crippen molar-refractivity contribution < 1.29 is 0 Å². The van der Waals surface area contributed by atoms with Gasteiger partial charge in [0.2, 0.25) is 0 Å². The van der Waals surface area contributed by atoms with E-state index in [1.165, 1.54) is 31.2 Å². The molecule has 98 valence electrons. The molecule has 0 unspecified atom stereocenters. The predicted octanol–water partition coefficient (Wildman–Crippen LogP) is 4.32. The Balaban J connectivity index is 1.89. The second kappa shape index (κ2) is 4.86. The van der Waals surface area contributed by atoms with Gasteiger partial charge in [-0.3, -0.25) is 0 Å². The summed E-state index contributed by atoms with van der Waals surface area (Å²) in [5.41, 5.74) is 1.50. The van der Waals surface area contributed by atoms with E-state index in [2.05, 4.69) is 31.0 Å². The Morgan fingerprint density at radius 2 is 1.94 bits per heavy atom. The first-order valence-electron chi connectivity index (χ1n) is 7.18. The molecule has 0 radical (unpaired) electrons. The van der Waals surface area contributed by atoms with Gasteiger partial charge in [0, 0.05) is 17.1 Å². The highest BCUT2D eigenvalue weighted by Crippen LogP contribution is 2.47. The highest BCUT2D eigenvalue weighted by atomic mass is 35.5. The van der Waals surface area contributed by atoms with E-state index in [9.17, 15) is 0 Å². The van der Waals surface area contributed by atoms with Gasteiger partial charge in [-0.2, -0.15) is 0 Å². The van der Waals surface area contributed by atoms with Crippen LogP contribution in [0.1, 0.15) is 44.1 Å². The van der Waals surface area contributed by atoms with Crippen LogP contribution in [0.5, 0.6) is 0 Å². The molecule has 1 nitrogen and oxygen atoms in total. The van der Waals surface area contributed by atoms with Gasteiger partial charge in [-0.1, -0.05) is 37.1 Å². The number of halogens is 1. The molecule has 0 saturated carbocycles. The summed E-state index contributed by atoms with van der Waals surface area (Å²) >= 11 is 6.01. The van der Waals surface area contributed by atoms with Gasteiger partial charge < -0.3 is 4.90 Å². The fourth-order valence-electron chi connectivity index (χ4n) is 4.23. The summed E-state index contributed by atoms with van der Waals surface area (Å²) in [5.74, 6) is 1.55. The Morgan fingerprint density at radius 1 is 1.22 bits per heavy atom. The van der Waals surface area contributed by atoms with Gasteiger partial charge >= 0.3 is 0 Å². The van der Waals surface area contributed by atoms with Crippen LogP contribution in [0.25, 0.3) is 0 Å². The van der Waals surface area contributed by atoms with Crippen molar-refractivity contribution in [1.82, 2.24) is 4.90 Å². The summed E-state index contributed by atoms with van der Waals surface area (Å²) in [6, 6.07) is 10.2. The highest BCUT2D eigenvalue weighted by Gasteiger charge is 2.44. The number of benzene rings is 1. The summed E-state index contributed by atoms with van der Waals surface area (Å²) < 4.78 is 0. The molecule has 18 heavy (non-hydrogen) atoms. The van der Waals surface area contributed by atoms with E-state index in [-0.39, 0.29) is 0 Å². The second-order valence-electron chi connectivity index (χ2n) is 5.93. The molecule has 2 aliphatic rings. The molecular formula is C16H22ClN. The largest absolute Gasteiger partial charge is 0.300 e. The third-order valence-corrected chi connectivity index (χ3v) is 5.45. The summed E-state index contributed by atoms with van der Waals surface area (Å²) in [4.78, 5) is 2.64. The van der Waals surface area contributed by atoms with Crippen LogP contribution in [0.3, 0.4) is 0 Å². The van der Waals surface area contributed by atoms with Gasteiger partial charge in [0.25, 0.3) is 0 Å². The topological polar surface area (TPSA) is 3.24 Å². The molecule has 4 atom stereocenters. The lowest BCUT2D eigenvalue weighted by Crippen LogP contribution is -2.45. The van der Waals surface area contributed by atoms with Crippen molar-refractivity contribution in [3.8, 4) is 0 Å². The lowest BCUT2D eigenvalue weighted by atomic mass is 9.75. The van der Waals surface area contributed by atoms with Gasteiger partial charge in [-0.15, -0.1) is 0 Å². The fourth-order valence-corrected chi connectivity index (χ4v) is 4.35. The van der Waals surface area contributed by atoms with E-state index in [4.69, 9.17) is 11.6 Å². The molecule has 2 heteroatoms. The molecule has 0 N–H and O–H groups in total. The van der Waals surface area contributed by atoms with Crippen molar-refractivity contribution in [2.24, 2.45) is 5.92 Å². The van der Waals surface area contributed by atoms with Crippen molar-refractivity contribution in [1.29, 1.82) is 0 Å². The minimum absolute atomic E-state index is 0.737. The number of rotatable bonds is 2. The molecule has 0 amide bonds. The normalized spacial score (nSPS) is 35.9. The van der Waals surface area contributed by atoms with Crippen LogP contribution in [-0.2, 0) is 0 Å². The first kappa shape index (κ1) is 12.5. The summed E-state index contributed by atoms with van der Waals surface area (Å²) in [6.07, 6.45) is 5.40. The molecule has 0 aromatic heterocycles. The molecule has 3 rings (SSSR count). The Kier molecular flexibility index (Phi) is 3.38. The van der Waals surface area contributed by atoms with Crippen LogP contribution in [0, 0.1) is 5.92 Å². The average Bonchev–Trinajstić information content (AvgIpc) is 2.63. The molecule has 0 aliphatic carbocycles. The van der Waals surface area contributed by atoms with E-state index in [0.29, 0.717) is 0 Å². The minimum Gasteiger partial charge on any atom is -0.300 e. The zero-order valence-electron chi connectivity index (χ0n) is 11.3. The monoisotopic (exact) mass is 263 g/mol. The minimum atomic E-state index is 0.737. The van der Waals surface area contributed by atoms with E-state index in [0.717, 1.165) is 28.9 Å². The van der Waals surface area contributed by atoms with E-state index in [1.54, 1.807) is 0 Å². The number of hydrogen-bond donors (Lipinski definition) is 0. The number of fused-ring (bicyclic) bond motifs is 2. The number of nitrogens with zero attached hydrogens (tertiary/aromatic N) is 1. The summed E-state index contributed by atoms with van der Waals surface area (Å²) in [5, 5.41) is 0.850. The van der Waals surface area contributed by atoms with Crippen LogP contribution in [0.15, 0.2) is 24.3 Å². The van der Waals surface area contributed by atoms with Crippen molar-refractivity contribution >= 4 is 11.6 Å². The van der Waals surface area contributed by atoms with Crippen LogP contribution in [0.4, 0.5) is 0 Å².